The Balaban J connectivity index is 3.34. The van der Waals surface area contributed by atoms with Crippen LogP contribution in [-0.2, 0) is 4.74 Å². The molecule has 0 amide bonds. The summed E-state index contributed by atoms with van der Waals surface area (Å²) >= 11 is 0. The second-order valence-electron chi connectivity index (χ2n) is 3.38. The van der Waals surface area contributed by atoms with E-state index in [0.717, 1.165) is 0 Å². The van der Waals surface area contributed by atoms with Crippen LogP contribution in [0.1, 0.15) is 13.8 Å². The molecule has 4 nitrogen and oxygen atoms in total. The third kappa shape index (κ3) is 9.42. The molecule has 4 heteroatoms. The maximum absolute atomic E-state index is 9.24. The summed E-state index contributed by atoms with van der Waals surface area (Å²) in [6.07, 6.45) is 3.48. The van der Waals surface area contributed by atoms with Gasteiger partial charge in [-0.25, -0.2) is 5.84 Å². The minimum Gasteiger partial charge on any atom is -0.388 e. The van der Waals surface area contributed by atoms with E-state index in [1.807, 2.05) is 0 Å². The van der Waals surface area contributed by atoms with E-state index >= 15 is 0 Å². The van der Waals surface area contributed by atoms with Crippen LogP contribution in [0.3, 0.4) is 0 Å². The Morgan fingerprint density at radius 3 is 2.58 bits per heavy atom. The van der Waals surface area contributed by atoms with E-state index in [9.17, 15) is 5.11 Å². The lowest BCUT2D eigenvalue weighted by atomic mass is 10.2. The summed E-state index contributed by atoms with van der Waals surface area (Å²) in [5.74, 6) is 5.30. The number of nitrogens with two attached hydrogens (primary N) is 1. The highest BCUT2D eigenvalue weighted by Crippen LogP contribution is 2.00. The second-order valence-corrected chi connectivity index (χ2v) is 3.38. The van der Waals surface area contributed by atoms with Crippen LogP contribution in [-0.4, -0.2) is 36.0 Å². The van der Waals surface area contributed by atoms with Crippen molar-refractivity contribution in [2.75, 3.05) is 20.3 Å². The van der Waals surface area contributed by atoms with Crippen LogP contribution in [0.15, 0.2) is 12.3 Å². The van der Waals surface area contributed by atoms with Crippen LogP contribution in [0.25, 0.3) is 0 Å². The third-order valence-electron chi connectivity index (χ3n) is 1.01. The van der Waals surface area contributed by atoms with Gasteiger partial charge in [-0.05, 0) is 19.9 Å². The molecule has 0 aliphatic heterocycles. The Bertz CT molecular complexity index is 138. The first-order valence-corrected chi connectivity index (χ1v) is 3.86. The Labute approximate surface area is 73.6 Å². The summed E-state index contributed by atoms with van der Waals surface area (Å²) in [4.78, 5) is 0. The van der Waals surface area contributed by atoms with E-state index in [1.165, 1.54) is 5.01 Å². The van der Waals surface area contributed by atoms with Gasteiger partial charge in [0.2, 0.25) is 0 Å². The number of hydrazine groups is 1. The number of rotatable bonds is 5. The molecular formula is C8H18N2O2. The molecule has 0 aromatic rings. The molecule has 0 aromatic carbocycles. The van der Waals surface area contributed by atoms with Gasteiger partial charge in [-0.3, -0.25) is 0 Å². The third-order valence-corrected chi connectivity index (χ3v) is 1.01. The lowest BCUT2D eigenvalue weighted by molar-refractivity contribution is -0.0126. The van der Waals surface area contributed by atoms with E-state index in [-0.39, 0.29) is 0 Å². The molecule has 0 aromatic heterocycles. The Kier molecular flexibility index (Phi) is 4.89. The average Bonchev–Trinajstić information content (AvgIpc) is 1.83. The summed E-state index contributed by atoms with van der Waals surface area (Å²) in [7, 11) is 1.73. The second kappa shape index (κ2) is 5.13. The lowest BCUT2D eigenvalue weighted by Crippen LogP contribution is -2.26. The molecular weight excluding hydrogens is 156 g/mol. The van der Waals surface area contributed by atoms with Crippen molar-refractivity contribution in [1.82, 2.24) is 5.01 Å². The summed E-state index contributed by atoms with van der Waals surface area (Å²) in [6.45, 7) is 4.19. The molecule has 0 radical (unpaired) electrons. The van der Waals surface area contributed by atoms with Crippen LogP contribution >= 0.6 is 0 Å². The Hall–Kier alpha value is -0.580. The average molecular weight is 174 g/mol. The monoisotopic (exact) mass is 174 g/mol. The Morgan fingerprint density at radius 2 is 2.17 bits per heavy atom. The van der Waals surface area contributed by atoms with Crippen molar-refractivity contribution < 1.29 is 9.84 Å². The van der Waals surface area contributed by atoms with Crippen LogP contribution in [0, 0.1) is 0 Å². The number of hydrogen-bond acceptors (Lipinski definition) is 4. The van der Waals surface area contributed by atoms with Crippen LogP contribution in [0.2, 0.25) is 0 Å². The van der Waals surface area contributed by atoms with Crippen LogP contribution in [0.4, 0.5) is 0 Å². The van der Waals surface area contributed by atoms with Gasteiger partial charge in [-0.1, -0.05) is 0 Å². The summed E-state index contributed by atoms with van der Waals surface area (Å²) in [6, 6.07) is 0. The number of aliphatic hydroxyl groups is 1. The van der Waals surface area contributed by atoms with Crippen molar-refractivity contribution in [2.45, 2.75) is 19.4 Å². The van der Waals surface area contributed by atoms with Crippen LogP contribution in [0.5, 0.6) is 0 Å². The normalized spacial score (nSPS) is 12.4. The van der Waals surface area contributed by atoms with E-state index in [1.54, 1.807) is 33.2 Å². The zero-order valence-corrected chi connectivity index (χ0v) is 7.95. The van der Waals surface area contributed by atoms with Crippen molar-refractivity contribution in [1.29, 1.82) is 0 Å². The van der Waals surface area contributed by atoms with E-state index in [4.69, 9.17) is 10.6 Å². The molecule has 0 atom stereocenters. The molecule has 3 N–H and O–H groups in total. The molecule has 0 unspecified atom stereocenters. The highest BCUT2D eigenvalue weighted by Gasteiger charge is 2.10. The maximum Gasteiger partial charge on any atom is 0.0824 e. The highest BCUT2D eigenvalue weighted by molar-refractivity contribution is 4.78. The van der Waals surface area contributed by atoms with Crippen molar-refractivity contribution in [3.63, 3.8) is 0 Å². The largest absolute Gasteiger partial charge is 0.388 e. The topological polar surface area (TPSA) is 58.7 Å². The Morgan fingerprint density at radius 1 is 1.58 bits per heavy atom. The zero-order valence-electron chi connectivity index (χ0n) is 7.95. The maximum atomic E-state index is 9.24. The predicted octanol–water partition coefficient (Wildman–Crippen LogP) is 0.0931. The molecule has 0 rings (SSSR count). The van der Waals surface area contributed by atoms with E-state index in [2.05, 4.69) is 0 Å². The molecule has 0 aliphatic carbocycles. The summed E-state index contributed by atoms with van der Waals surface area (Å²) in [5, 5.41) is 10.7. The van der Waals surface area contributed by atoms with Crippen LogP contribution < -0.4 is 5.84 Å². The van der Waals surface area contributed by atoms with Gasteiger partial charge in [0, 0.05) is 13.2 Å². The highest BCUT2D eigenvalue weighted by atomic mass is 16.5. The number of ether oxygens (including phenoxy) is 1. The molecule has 0 fully saturated rings. The molecule has 0 heterocycles. The SMILES string of the molecule is CN(N)/C=C\COCC(C)(C)O. The van der Waals surface area contributed by atoms with Gasteiger partial charge in [0.1, 0.15) is 0 Å². The van der Waals surface area contributed by atoms with Crippen molar-refractivity contribution in [2.24, 2.45) is 5.84 Å². The van der Waals surface area contributed by atoms with Crippen molar-refractivity contribution in [3.05, 3.63) is 12.3 Å². The van der Waals surface area contributed by atoms with Gasteiger partial charge in [0.15, 0.2) is 0 Å². The van der Waals surface area contributed by atoms with Gasteiger partial charge in [-0.2, -0.15) is 0 Å². The molecule has 0 aliphatic rings. The first kappa shape index (κ1) is 11.4. The smallest absolute Gasteiger partial charge is 0.0824 e. The lowest BCUT2D eigenvalue weighted by Gasteiger charge is -2.15. The summed E-state index contributed by atoms with van der Waals surface area (Å²) < 4.78 is 5.13. The fraction of sp³-hybridized carbons (Fsp3) is 0.750. The molecule has 0 saturated carbocycles. The van der Waals surface area contributed by atoms with E-state index < -0.39 is 5.60 Å². The first-order chi connectivity index (χ1) is 5.42. The standard InChI is InChI=1S/C8H18N2O2/c1-8(2,11)7-12-6-4-5-10(3)9/h4-5,11H,6-7,9H2,1-3H3/b5-4-. The van der Waals surface area contributed by atoms with Crippen molar-refractivity contribution in [3.8, 4) is 0 Å². The first-order valence-electron chi connectivity index (χ1n) is 3.86. The fourth-order valence-electron chi connectivity index (χ4n) is 0.586. The number of hydrogen-bond donors (Lipinski definition) is 2. The predicted molar refractivity (Wildman–Crippen MR) is 48.2 cm³/mol. The fourth-order valence-corrected chi connectivity index (χ4v) is 0.586. The summed E-state index contributed by atoms with van der Waals surface area (Å²) in [5.41, 5.74) is -0.761. The van der Waals surface area contributed by atoms with Gasteiger partial charge in [-0.15, -0.1) is 0 Å². The molecule has 0 bridgehead atoms. The van der Waals surface area contributed by atoms with Crippen molar-refractivity contribution >= 4 is 0 Å². The minimum absolute atomic E-state index is 0.325. The van der Waals surface area contributed by atoms with Gasteiger partial charge in [0.25, 0.3) is 0 Å². The molecule has 12 heavy (non-hydrogen) atoms. The van der Waals surface area contributed by atoms with E-state index in [0.29, 0.717) is 13.2 Å². The van der Waals surface area contributed by atoms with Gasteiger partial charge in [0.05, 0.1) is 18.8 Å². The minimum atomic E-state index is -0.761. The zero-order chi connectivity index (χ0) is 9.61. The van der Waals surface area contributed by atoms with Gasteiger partial charge < -0.3 is 14.9 Å². The molecule has 0 saturated heterocycles. The number of nitrogens with zero attached hydrogens (tertiary/aromatic N) is 1. The quantitative estimate of drug-likeness (QED) is 0.352. The molecule has 72 valence electrons. The van der Waals surface area contributed by atoms with Gasteiger partial charge >= 0.3 is 0 Å². The molecule has 0 spiro atoms.